The van der Waals surface area contributed by atoms with Crippen LogP contribution in [0, 0.1) is 18.0 Å². The molecule has 1 aliphatic rings. The standard InChI is InChI=1S/C27H43N2/c1-3-5-6-7-8-9-10-11-12-13-17-20-25(23-24-18-15-14-16-19-24)26(4-2)27-28-21-22-29-27/h14-16,18-19,21-22,25-26H,3-13,17,20,23H2,1-2H3/q+1. The molecule has 29 heavy (non-hydrogen) atoms. The van der Waals surface area contributed by atoms with Crippen molar-refractivity contribution in [3.8, 4) is 0 Å². The van der Waals surface area contributed by atoms with Gasteiger partial charge in [-0.25, -0.2) is 0 Å². The zero-order valence-corrected chi connectivity index (χ0v) is 19.0. The minimum Gasteiger partial charge on any atom is -0.0965 e. The molecule has 0 amide bonds. The monoisotopic (exact) mass is 395 g/mol. The zero-order valence-electron chi connectivity index (χ0n) is 19.0. The lowest BCUT2D eigenvalue weighted by atomic mass is 9.80. The molecule has 0 saturated heterocycles. The summed E-state index contributed by atoms with van der Waals surface area (Å²) in [5, 5.41) is 0. The third kappa shape index (κ3) is 9.65. The Morgan fingerprint density at radius 2 is 1.28 bits per heavy atom. The first-order valence-electron chi connectivity index (χ1n) is 12.3. The van der Waals surface area contributed by atoms with Crippen LogP contribution in [0.1, 0.15) is 103 Å². The molecule has 0 aliphatic carbocycles. The summed E-state index contributed by atoms with van der Waals surface area (Å²) in [6, 6.07) is 11.0. The van der Waals surface area contributed by atoms with Crippen molar-refractivity contribution < 1.29 is 0 Å². The number of hydrogen-bond acceptors (Lipinski definition) is 2. The lowest BCUT2D eigenvalue weighted by Crippen LogP contribution is -2.21. The topological polar surface area (TPSA) is 24.7 Å². The molecule has 2 unspecified atom stereocenters. The second kappa shape index (κ2) is 15.3. The maximum absolute atomic E-state index is 4.54. The molecule has 1 aliphatic heterocycles. The molecule has 2 rings (SSSR count). The van der Waals surface area contributed by atoms with E-state index in [1.54, 1.807) is 0 Å². The van der Waals surface area contributed by atoms with E-state index in [1.807, 2.05) is 12.4 Å². The second-order valence-corrected chi connectivity index (χ2v) is 8.70. The highest BCUT2D eigenvalue weighted by Gasteiger charge is 2.34. The van der Waals surface area contributed by atoms with Gasteiger partial charge in [-0.15, -0.1) is 0 Å². The Hall–Kier alpha value is -1.57. The average Bonchev–Trinajstić information content (AvgIpc) is 3.27. The van der Waals surface area contributed by atoms with Crippen LogP contribution in [0.3, 0.4) is 0 Å². The predicted molar refractivity (Wildman–Crippen MR) is 129 cm³/mol. The van der Waals surface area contributed by atoms with Gasteiger partial charge in [0.15, 0.2) is 12.4 Å². The van der Waals surface area contributed by atoms with Crippen LogP contribution in [0.2, 0.25) is 0 Å². The molecule has 1 aromatic rings. The molecule has 160 valence electrons. The smallest absolute Gasteiger partial charge is 0.0965 e. The van der Waals surface area contributed by atoms with E-state index < -0.39 is 0 Å². The van der Waals surface area contributed by atoms with Crippen LogP contribution in [0.15, 0.2) is 40.3 Å². The zero-order chi connectivity index (χ0) is 20.6. The van der Waals surface area contributed by atoms with Crippen molar-refractivity contribution in [3.05, 3.63) is 42.1 Å². The van der Waals surface area contributed by atoms with Crippen LogP contribution in [-0.4, -0.2) is 12.4 Å². The van der Waals surface area contributed by atoms with E-state index in [2.05, 4.69) is 54.2 Å². The van der Waals surface area contributed by atoms with Gasteiger partial charge in [0.1, 0.15) is 0 Å². The van der Waals surface area contributed by atoms with Crippen molar-refractivity contribution in [3.63, 3.8) is 0 Å². The van der Waals surface area contributed by atoms with E-state index in [-0.39, 0.29) is 0 Å². The van der Waals surface area contributed by atoms with Crippen LogP contribution in [0.4, 0.5) is 0 Å². The normalized spacial score (nSPS) is 15.2. The Labute approximate surface area is 180 Å². The summed E-state index contributed by atoms with van der Waals surface area (Å²) in [7, 11) is 0. The van der Waals surface area contributed by atoms with E-state index in [4.69, 9.17) is 0 Å². The summed E-state index contributed by atoms with van der Waals surface area (Å²) in [6.07, 6.45) is 23.8. The summed E-state index contributed by atoms with van der Waals surface area (Å²) in [6.45, 7) is 4.58. The van der Waals surface area contributed by atoms with Crippen molar-refractivity contribution in [2.45, 2.75) is 104 Å². The maximum Gasteiger partial charge on any atom is 0.244 e. The van der Waals surface area contributed by atoms with Gasteiger partial charge >= 0.3 is 0 Å². The molecule has 0 bridgehead atoms. The Morgan fingerprint density at radius 3 is 1.83 bits per heavy atom. The van der Waals surface area contributed by atoms with E-state index in [9.17, 15) is 0 Å². The summed E-state index contributed by atoms with van der Waals surface area (Å²) in [5.74, 6) is 1.12. The molecular formula is C27H43N2+. The number of unbranched alkanes of at least 4 members (excludes halogenated alkanes) is 10. The van der Waals surface area contributed by atoms with Crippen LogP contribution >= 0.6 is 0 Å². The summed E-state index contributed by atoms with van der Waals surface area (Å²) < 4.78 is 0. The predicted octanol–water partition coefficient (Wildman–Crippen LogP) is 8.22. The quantitative estimate of drug-likeness (QED) is 0.187. The van der Waals surface area contributed by atoms with Crippen molar-refractivity contribution in [2.24, 2.45) is 21.8 Å². The largest absolute Gasteiger partial charge is 0.244 e. The number of hydrogen-bond donors (Lipinski definition) is 0. The van der Waals surface area contributed by atoms with E-state index in [1.165, 1.54) is 82.6 Å². The van der Waals surface area contributed by atoms with Crippen molar-refractivity contribution in [1.82, 2.24) is 0 Å². The summed E-state index contributed by atoms with van der Waals surface area (Å²) in [5.41, 5.74) is 1.45. The molecule has 0 fully saturated rings. The molecule has 0 saturated carbocycles. The fourth-order valence-electron chi connectivity index (χ4n) is 4.60. The van der Waals surface area contributed by atoms with Gasteiger partial charge in [0.2, 0.25) is 6.17 Å². The van der Waals surface area contributed by atoms with Crippen molar-refractivity contribution in [1.29, 1.82) is 0 Å². The Kier molecular flexibility index (Phi) is 12.5. The molecule has 2 heteroatoms. The molecule has 0 aromatic heterocycles. The fourth-order valence-corrected chi connectivity index (χ4v) is 4.60. The molecule has 2 atom stereocenters. The lowest BCUT2D eigenvalue weighted by Gasteiger charge is -2.24. The molecular weight excluding hydrogens is 352 g/mol. The number of rotatable bonds is 17. The minimum atomic E-state index is 0.480. The molecule has 2 nitrogen and oxygen atoms in total. The molecule has 0 radical (unpaired) electrons. The molecule has 1 heterocycles. The first-order valence-corrected chi connectivity index (χ1v) is 12.3. The van der Waals surface area contributed by atoms with Gasteiger partial charge in [0.25, 0.3) is 0 Å². The van der Waals surface area contributed by atoms with Gasteiger partial charge < -0.3 is 0 Å². The van der Waals surface area contributed by atoms with Gasteiger partial charge in [0, 0.05) is 0 Å². The van der Waals surface area contributed by atoms with Crippen LogP contribution in [0.5, 0.6) is 0 Å². The van der Waals surface area contributed by atoms with Crippen molar-refractivity contribution >= 4 is 12.4 Å². The third-order valence-corrected chi connectivity index (χ3v) is 6.34. The SMILES string of the molecule is CCCCCCCCCCCCCC(Cc1ccccc1)C(CC)[C+]1N=CC=N1. The fraction of sp³-hybridized carbons (Fsp3) is 0.667. The van der Waals surface area contributed by atoms with E-state index >= 15 is 0 Å². The van der Waals surface area contributed by atoms with Gasteiger partial charge in [-0.05, 0) is 30.7 Å². The Bertz CT molecular complexity index is 551. The number of nitrogens with zero attached hydrogens (tertiary/aromatic N) is 2. The van der Waals surface area contributed by atoms with Gasteiger partial charge in [0.05, 0.1) is 5.92 Å². The highest BCUT2D eigenvalue weighted by Crippen LogP contribution is 2.35. The minimum absolute atomic E-state index is 0.480. The summed E-state index contributed by atoms with van der Waals surface area (Å²) in [4.78, 5) is 9.09. The number of benzene rings is 1. The van der Waals surface area contributed by atoms with Crippen LogP contribution < -0.4 is 0 Å². The van der Waals surface area contributed by atoms with Gasteiger partial charge in [-0.2, -0.15) is 0 Å². The van der Waals surface area contributed by atoms with Crippen molar-refractivity contribution in [2.75, 3.05) is 0 Å². The highest BCUT2D eigenvalue weighted by atomic mass is 15.0. The van der Waals surface area contributed by atoms with Gasteiger partial charge in [-0.3, -0.25) is 0 Å². The molecule has 0 N–H and O–H groups in total. The molecule has 1 aromatic carbocycles. The lowest BCUT2D eigenvalue weighted by molar-refractivity contribution is 0.300. The average molecular weight is 396 g/mol. The third-order valence-electron chi connectivity index (χ3n) is 6.34. The maximum atomic E-state index is 4.54. The summed E-state index contributed by atoms with van der Waals surface area (Å²) >= 11 is 0. The van der Waals surface area contributed by atoms with Crippen LogP contribution in [0.25, 0.3) is 0 Å². The second-order valence-electron chi connectivity index (χ2n) is 8.70. The van der Waals surface area contributed by atoms with E-state index in [0.717, 1.165) is 19.0 Å². The van der Waals surface area contributed by atoms with Gasteiger partial charge in [-0.1, -0.05) is 125 Å². The van der Waals surface area contributed by atoms with Crippen LogP contribution in [-0.2, 0) is 6.42 Å². The molecule has 0 spiro atoms. The first kappa shape index (κ1) is 23.7. The Balaban J connectivity index is 1.69. The Morgan fingerprint density at radius 1 is 0.724 bits per heavy atom. The van der Waals surface area contributed by atoms with E-state index in [0.29, 0.717) is 11.8 Å². The highest BCUT2D eigenvalue weighted by molar-refractivity contribution is 6.18. The number of aliphatic imine (C=N–C) groups is 2. The first-order chi connectivity index (χ1) is 14.3.